The molecule has 0 N–H and O–H groups in total. The fourth-order valence-corrected chi connectivity index (χ4v) is 2.76. The molecule has 0 saturated carbocycles. The lowest BCUT2D eigenvalue weighted by atomic mass is 9.96. The molecule has 3 rings (SSSR count). The second kappa shape index (κ2) is 6.58. The second-order valence-electron chi connectivity index (χ2n) is 5.49. The minimum atomic E-state index is 0.0356. The van der Waals surface area contributed by atoms with Gasteiger partial charge in [-0.2, -0.15) is 0 Å². The maximum absolute atomic E-state index is 11.7. The Morgan fingerprint density at radius 3 is 2.67 bits per heavy atom. The Bertz CT molecular complexity index is 619. The van der Waals surface area contributed by atoms with Crippen molar-refractivity contribution in [3.63, 3.8) is 0 Å². The Morgan fingerprint density at radius 1 is 1.14 bits per heavy atom. The van der Waals surface area contributed by atoms with Gasteiger partial charge in [0, 0.05) is 31.5 Å². The first-order valence-corrected chi connectivity index (χ1v) is 7.29. The molecule has 2 aromatic rings. The van der Waals surface area contributed by atoms with Crippen LogP contribution in [0.25, 0.3) is 0 Å². The topological polar surface area (TPSA) is 63.9 Å². The van der Waals surface area contributed by atoms with E-state index in [4.69, 9.17) is 0 Å². The van der Waals surface area contributed by atoms with Crippen LogP contribution in [0.1, 0.15) is 18.5 Å². The molecular formula is C15H19N5O. The van der Waals surface area contributed by atoms with Gasteiger partial charge >= 0.3 is 0 Å². The molecule has 1 fully saturated rings. The van der Waals surface area contributed by atoms with Gasteiger partial charge in [0.2, 0.25) is 0 Å². The highest BCUT2D eigenvalue weighted by molar-refractivity contribution is 4.97. The highest BCUT2D eigenvalue weighted by Gasteiger charge is 2.20. The van der Waals surface area contributed by atoms with Crippen molar-refractivity contribution in [2.45, 2.75) is 25.9 Å². The molecule has 0 radical (unpaired) electrons. The summed E-state index contributed by atoms with van der Waals surface area (Å²) in [4.78, 5) is 26.3. The fourth-order valence-electron chi connectivity index (χ4n) is 2.76. The van der Waals surface area contributed by atoms with Crippen LogP contribution in [0.3, 0.4) is 0 Å². The Kier molecular flexibility index (Phi) is 4.35. The van der Waals surface area contributed by atoms with Gasteiger partial charge < -0.3 is 0 Å². The van der Waals surface area contributed by atoms with E-state index in [-0.39, 0.29) is 5.56 Å². The quantitative estimate of drug-likeness (QED) is 0.836. The van der Waals surface area contributed by atoms with Crippen LogP contribution in [0.2, 0.25) is 0 Å². The van der Waals surface area contributed by atoms with Crippen LogP contribution in [0, 0.1) is 5.92 Å². The van der Waals surface area contributed by atoms with E-state index in [0.29, 0.717) is 5.92 Å². The van der Waals surface area contributed by atoms with Crippen molar-refractivity contribution < 1.29 is 0 Å². The fraction of sp³-hybridized carbons (Fsp3) is 0.467. The molecule has 2 aromatic heterocycles. The highest BCUT2D eigenvalue weighted by Crippen LogP contribution is 2.19. The first-order chi connectivity index (χ1) is 10.3. The molecule has 0 unspecified atom stereocenters. The van der Waals surface area contributed by atoms with Crippen molar-refractivity contribution in [3.05, 3.63) is 53.2 Å². The normalized spacial score (nSPS) is 17.0. The van der Waals surface area contributed by atoms with Gasteiger partial charge in [0.05, 0.1) is 12.0 Å². The lowest BCUT2D eigenvalue weighted by Gasteiger charge is -2.31. The van der Waals surface area contributed by atoms with Crippen LogP contribution in [0.4, 0.5) is 0 Å². The molecule has 1 saturated heterocycles. The zero-order chi connectivity index (χ0) is 14.5. The first-order valence-electron chi connectivity index (χ1n) is 7.29. The van der Waals surface area contributed by atoms with E-state index in [2.05, 4.69) is 19.9 Å². The summed E-state index contributed by atoms with van der Waals surface area (Å²) in [6.07, 6.45) is 8.76. The molecule has 21 heavy (non-hydrogen) atoms. The summed E-state index contributed by atoms with van der Waals surface area (Å²) in [6, 6.07) is 3.48. The van der Waals surface area contributed by atoms with Gasteiger partial charge in [0.25, 0.3) is 5.56 Å². The molecule has 1 aliphatic rings. The Labute approximate surface area is 123 Å². The molecule has 6 nitrogen and oxygen atoms in total. The second-order valence-corrected chi connectivity index (χ2v) is 5.49. The molecule has 0 atom stereocenters. The van der Waals surface area contributed by atoms with Crippen molar-refractivity contribution >= 4 is 0 Å². The van der Waals surface area contributed by atoms with Crippen molar-refractivity contribution in [1.29, 1.82) is 0 Å². The van der Waals surface area contributed by atoms with Gasteiger partial charge in [-0.05, 0) is 37.9 Å². The molecular weight excluding hydrogens is 266 g/mol. The van der Waals surface area contributed by atoms with Gasteiger partial charge in [0.15, 0.2) is 0 Å². The first kappa shape index (κ1) is 13.9. The summed E-state index contributed by atoms with van der Waals surface area (Å²) in [5, 5.41) is 0. The number of likely N-dealkylation sites (tertiary alicyclic amines) is 1. The molecule has 0 aliphatic carbocycles. The van der Waals surface area contributed by atoms with Gasteiger partial charge in [-0.1, -0.05) is 0 Å². The molecule has 1 aliphatic heterocycles. The maximum atomic E-state index is 11.7. The zero-order valence-corrected chi connectivity index (χ0v) is 11.9. The average Bonchev–Trinajstić information content (AvgIpc) is 2.52. The number of piperidine rings is 1. The molecule has 3 heterocycles. The van der Waals surface area contributed by atoms with E-state index in [0.717, 1.165) is 44.7 Å². The average molecular weight is 285 g/mol. The van der Waals surface area contributed by atoms with E-state index in [1.54, 1.807) is 29.6 Å². The summed E-state index contributed by atoms with van der Waals surface area (Å²) in [6.45, 7) is 3.74. The van der Waals surface area contributed by atoms with Gasteiger partial charge in [0.1, 0.15) is 6.33 Å². The van der Waals surface area contributed by atoms with E-state index in [1.807, 2.05) is 6.07 Å². The van der Waals surface area contributed by atoms with Crippen molar-refractivity contribution in [3.8, 4) is 0 Å². The molecule has 0 bridgehead atoms. The van der Waals surface area contributed by atoms with Gasteiger partial charge in [-0.15, -0.1) is 0 Å². The number of nitrogens with zero attached hydrogens (tertiary/aromatic N) is 5. The number of aromatic nitrogens is 4. The third-order valence-corrected chi connectivity index (χ3v) is 3.98. The number of hydrogen-bond acceptors (Lipinski definition) is 5. The molecule has 6 heteroatoms. The Morgan fingerprint density at radius 2 is 1.95 bits per heavy atom. The standard InChI is InChI=1S/C15H19N5O/c21-15-2-6-17-12-20(15)9-13-3-7-19(8-4-13)10-14-1-5-16-11-18-14/h1-2,5-6,11-13H,3-4,7-10H2. The van der Waals surface area contributed by atoms with Crippen LogP contribution >= 0.6 is 0 Å². The summed E-state index contributed by atoms with van der Waals surface area (Å²) in [5.74, 6) is 0.550. The molecule has 0 aromatic carbocycles. The monoisotopic (exact) mass is 285 g/mol. The molecule has 110 valence electrons. The van der Waals surface area contributed by atoms with E-state index < -0.39 is 0 Å². The smallest absolute Gasteiger partial charge is 0.253 e. The van der Waals surface area contributed by atoms with Crippen LogP contribution in [0.15, 0.2) is 42.0 Å². The van der Waals surface area contributed by atoms with Crippen molar-refractivity contribution in [2.24, 2.45) is 5.92 Å². The predicted octanol–water partition coefficient (Wildman–Crippen LogP) is 0.945. The van der Waals surface area contributed by atoms with E-state index >= 15 is 0 Å². The van der Waals surface area contributed by atoms with E-state index in [1.165, 1.54) is 6.07 Å². The van der Waals surface area contributed by atoms with Crippen molar-refractivity contribution in [2.75, 3.05) is 13.1 Å². The Balaban J connectivity index is 1.51. The van der Waals surface area contributed by atoms with Crippen LogP contribution in [0.5, 0.6) is 0 Å². The summed E-state index contributed by atoms with van der Waals surface area (Å²) < 4.78 is 1.71. The third kappa shape index (κ3) is 3.72. The zero-order valence-electron chi connectivity index (χ0n) is 11.9. The van der Waals surface area contributed by atoms with Crippen molar-refractivity contribution in [1.82, 2.24) is 24.4 Å². The Hall–Kier alpha value is -2.08. The highest BCUT2D eigenvalue weighted by atomic mass is 16.1. The van der Waals surface area contributed by atoms with Gasteiger partial charge in [-0.3, -0.25) is 14.3 Å². The number of hydrogen-bond donors (Lipinski definition) is 0. The molecule has 0 spiro atoms. The summed E-state index contributed by atoms with van der Waals surface area (Å²) >= 11 is 0. The lowest BCUT2D eigenvalue weighted by Crippen LogP contribution is -2.36. The van der Waals surface area contributed by atoms with Crippen LogP contribution < -0.4 is 5.56 Å². The summed E-state index contributed by atoms with van der Waals surface area (Å²) in [5.41, 5.74) is 1.10. The van der Waals surface area contributed by atoms with Crippen LogP contribution in [-0.4, -0.2) is 37.5 Å². The van der Waals surface area contributed by atoms with E-state index in [9.17, 15) is 4.79 Å². The lowest BCUT2D eigenvalue weighted by molar-refractivity contribution is 0.164. The van der Waals surface area contributed by atoms with Gasteiger partial charge in [-0.25, -0.2) is 15.0 Å². The molecule has 0 amide bonds. The predicted molar refractivity (Wildman–Crippen MR) is 78.5 cm³/mol. The minimum absolute atomic E-state index is 0.0356. The third-order valence-electron chi connectivity index (χ3n) is 3.98. The van der Waals surface area contributed by atoms with Crippen LogP contribution in [-0.2, 0) is 13.1 Å². The largest absolute Gasteiger partial charge is 0.299 e. The SMILES string of the molecule is O=c1ccncn1CC1CCN(Cc2ccncn2)CC1. The number of rotatable bonds is 4. The summed E-state index contributed by atoms with van der Waals surface area (Å²) in [7, 11) is 0. The minimum Gasteiger partial charge on any atom is -0.299 e. The maximum Gasteiger partial charge on any atom is 0.253 e.